The smallest absolute Gasteiger partial charge is 0.225 e. The number of aryl methyl sites for hydroxylation is 2. The Morgan fingerprint density at radius 2 is 1.89 bits per heavy atom. The summed E-state index contributed by atoms with van der Waals surface area (Å²) in [6, 6.07) is 2.01. The Kier molecular flexibility index (Phi) is 4.02. The first-order chi connectivity index (χ1) is 8.97. The highest BCUT2D eigenvalue weighted by atomic mass is 16.2. The van der Waals surface area contributed by atoms with Crippen LogP contribution in [-0.4, -0.2) is 48.0 Å². The van der Waals surface area contributed by atoms with Crippen LogP contribution in [0.1, 0.15) is 24.4 Å². The second kappa shape index (κ2) is 5.55. The van der Waals surface area contributed by atoms with Crippen LogP contribution in [0.15, 0.2) is 6.07 Å². The highest BCUT2D eigenvalue weighted by Gasteiger charge is 2.26. The first-order valence-electron chi connectivity index (χ1n) is 6.76. The zero-order chi connectivity index (χ0) is 14.0. The van der Waals surface area contributed by atoms with Gasteiger partial charge in [0.05, 0.1) is 0 Å². The van der Waals surface area contributed by atoms with E-state index < -0.39 is 0 Å². The molecule has 1 amide bonds. The Morgan fingerprint density at radius 1 is 1.26 bits per heavy atom. The molecule has 0 bridgehead atoms. The molecule has 0 N–H and O–H groups in total. The van der Waals surface area contributed by atoms with Crippen molar-refractivity contribution in [2.24, 2.45) is 5.92 Å². The fraction of sp³-hybridized carbons (Fsp3) is 0.643. The number of amides is 1. The van der Waals surface area contributed by atoms with Crippen LogP contribution in [-0.2, 0) is 4.79 Å². The first kappa shape index (κ1) is 13.8. The number of aromatic nitrogens is 2. The van der Waals surface area contributed by atoms with Crippen molar-refractivity contribution < 1.29 is 4.79 Å². The molecule has 5 heteroatoms. The van der Waals surface area contributed by atoms with E-state index in [1.54, 1.807) is 4.90 Å². The molecule has 0 radical (unpaired) electrons. The lowest BCUT2D eigenvalue weighted by Gasteiger charge is -2.33. The minimum atomic E-state index is 0.162. The van der Waals surface area contributed by atoms with Gasteiger partial charge < -0.3 is 9.80 Å². The quantitative estimate of drug-likeness (QED) is 0.808. The predicted octanol–water partition coefficient (Wildman–Crippen LogP) is 1.40. The molecule has 1 fully saturated rings. The van der Waals surface area contributed by atoms with Gasteiger partial charge in [0.1, 0.15) is 11.6 Å². The van der Waals surface area contributed by atoms with Gasteiger partial charge in [0.25, 0.3) is 0 Å². The number of carbonyl (C=O) groups excluding carboxylic acids is 1. The van der Waals surface area contributed by atoms with Crippen molar-refractivity contribution in [3.63, 3.8) is 0 Å². The topological polar surface area (TPSA) is 49.3 Å². The summed E-state index contributed by atoms with van der Waals surface area (Å²) < 4.78 is 0. The van der Waals surface area contributed by atoms with Gasteiger partial charge in [-0.1, -0.05) is 0 Å². The molecular weight excluding hydrogens is 240 g/mol. The number of nitrogens with zero attached hydrogens (tertiary/aromatic N) is 4. The van der Waals surface area contributed by atoms with Crippen LogP contribution in [0.2, 0.25) is 0 Å². The summed E-state index contributed by atoms with van der Waals surface area (Å²) in [6.45, 7) is 5.68. The molecule has 0 saturated carbocycles. The molecule has 1 saturated heterocycles. The largest absolute Gasteiger partial charge is 0.356 e. The van der Waals surface area contributed by atoms with Crippen molar-refractivity contribution >= 4 is 11.7 Å². The third-order valence-electron chi connectivity index (χ3n) is 3.56. The molecule has 0 unspecified atom stereocenters. The van der Waals surface area contributed by atoms with Gasteiger partial charge in [0, 0.05) is 44.9 Å². The van der Waals surface area contributed by atoms with Crippen molar-refractivity contribution in [3.8, 4) is 0 Å². The fourth-order valence-corrected chi connectivity index (χ4v) is 2.58. The van der Waals surface area contributed by atoms with E-state index in [2.05, 4.69) is 14.9 Å². The van der Waals surface area contributed by atoms with Crippen LogP contribution in [0.4, 0.5) is 5.82 Å². The first-order valence-corrected chi connectivity index (χ1v) is 6.76. The van der Waals surface area contributed by atoms with Gasteiger partial charge in [0.2, 0.25) is 5.91 Å². The number of rotatable bonds is 2. The van der Waals surface area contributed by atoms with Crippen molar-refractivity contribution in [1.82, 2.24) is 14.9 Å². The number of carbonyl (C=O) groups is 1. The zero-order valence-electron chi connectivity index (χ0n) is 12.2. The van der Waals surface area contributed by atoms with Gasteiger partial charge in [-0.15, -0.1) is 0 Å². The highest BCUT2D eigenvalue weighted by Crippen LogP contribution is 2.23. The molecule has 1 aliphatic rings. The second-order valence-corrected chi connectivity index (χ2v) is 5.41. The Morgan fingerprint density at radius 3 is 2.42 bits per heavy atom. The van der Waals surface area contributed by atoms with Crippen LogP contribution in [0.3, 0.4) is 0 Å². The molecule has 0 atom stereocenters. The molecule has 104 valence electrons. The normalized spacial score (nSPS) is 16.5. The van der Waals surface area contributed by atoms with E-state index in [1.165, 1.54) is 0 Å². The minimum Gasteiger partial charge on any atom is -0.356 e. The Labute approximate surface area is 114 Å². The van der Waals surface area contributed by atoms with Gasteiger partial charge in [-0.05, 0) is 26.7 Å². The molecule has 0 aliphatic carbocycles. The zero-order valence-corrected chi connectivity index (χ0v) is 12.2. The van der Waals surface area contributed by atoms with E-state index in [1.807, 2.05) is 34.0 Å². The van der Waals surface area contributed by atoms with Crippen molar-refractivity contribution in [2.45, 2.75) is 26.7 Å². The van der Waals surface area contributed by atoms with Gasteiger partial charge in [0.15, 0.2) is 0 Å². The molecule has 2 heterocycles. The maximum atomic E-state index is 11.9. The van der Waals surface area contributed by atoms with Crippen LogP contribution in [0, 0.1) is 19.8 Å². The third-order valence-corrected chi connectivity index (χ3v) is 3.56. The molecule has 1 aromatic heterocycles. The highest BCUT2D eigenvalue weighted by molar-refractivity contribution is 5.78. The molecule has 0 spiro atoms. The number of hydrogen-bond acceptors (Lipinski definition) is 4. The lowest BCUT2D eigenvalue weighted by Crippen LogP contribution is -2.40. The maximum absolute atomic E-state index is 11.9. The average Bonchev–Trinajstić information content (AvgIpc) is 2.37. The van der Waals surface area contributed by atoms with Crippen LogP contribution in [0.5, 0.6) is 0 Å². The number of hydrogen-bond donors (Lipinski definition) is 0. The molecule has 1 aliphatic heterocycles. The summed E-state index contributed by atoms with van der Waals surface area (Å²) >= 11 is 0. The van der Waals surface area contributed by atoms with Crippen LogP contribution < -0.4 is 4.90 Å². The lowest BCUT2D eigenvalue weighted by atomic mass is 9.95. The molecule has 5 nitrogen and oxygen atoms in total. The van der Waals surface area contributed by atoms with E-state index in [-0.39, 0.29) is 11.8 Å². The average molecular weight is 262 g/mol. The monoisotopic (exact) mass is 262 g/mol. The third kappa shape index (κ3) is 3.22. The van der Waals surface area contributed by atoms with E-state index >= 15 is 0 Å². The van der Waals surface area contributed by atoms with Crippen LogP contribution >= 0.6 is 0 Å². The van der Waals surface area contributed by atoms with Crippen molar-refractivity contribution in [3.05, 3.63) is 17.6 Å². The van der Waals surface area contributed by atoms with Gasteiger partial charge in [-0.25, -0.2) is 9.97 Å². The Bertz CT molecular complexity index is 444. The fourth-order valence-electron chi connectivity index (χ4n) is 2.58. The summed E-state index contributed by atoms with van der Waals surface area (Å²) in [5, 5.41) is 0. The van der Waals surface area contributed by atoms with Gasteiger partial charge in [-0.2, -0.15) is 0 Å². The molecule has 19 heavy (non-hydrogen) atoms. The van der Waals surface area contributed by atoms with E-state index in [4.69, 9.17) is 0 Å². The van der Waals surface area contributed by atoms with E-state index in [0.717, 1.165) is 43.3 Å². The van der Waals surface area contributed by atoms with Crippen LogP contribution in [0.25, 0.3) is 0 Å². The molecule has 2 rings (SSSR count). The van der Waals surface area contributed by atoms with Crippen molar-refractivity contribution in [1.29, 1.82) is 0 Å². The Hall–Kier alpha value is -1.65. The van der Waals surface area contributed by atoms with Crippen molar-refractivity contribution in [2.75, 3.05) is 32.1 Å². The predicted molar refractivity (Wildman–Crippen MR) is 75.1 cm³/mol. The summed E-state index contributed by atoms with van der Waals surface area (Å²) in [5.41, 5.74) is 0.994. The summed E-state index contributed by atoms with van der Waals surface area (Å²) in [4.78, 5) is 24.7. The van der Waals surface area contributed by atoms with Gasteiger partial charge >= 0.3 is 0 Å². The standard InChI is InChI=1S/C14H22N4O/c1-10-9-13(16-11(2)15-10)18-7-5-12(6-8-18)14(19)17(3)4/h9,12H,5-8H2,1-4H3. The molecule has 0 aromatic carbocycles. The number of piperidine rings is 1. The molecular formula is C14H22N4O. The summed E-state index contributed by atoms with van der Waals surface area (Å²) in [5.74, 6) is 2.20. The summed E-state index contributed by atoms with van der Waals surface area (Å²) in [6.07, 6.45) is 1.80. The lowest BCUT2D eigenvalue weighted by molar-refractivity contribution is -0.133. The van der Waals surface area contributed by atoms with E-state index in [0.29, 0.717) is 0 Å². The second-order valence-electron chi connectivity index (χ2n) is 5.41. The maximum Gasteiger partial charge on any atom is 0.225 e. The minimum absolute atomic E-state index is 0.162. The van der Waals surface area contributed by atoms with E-state index in [9.17, 15) is 4.79 Å². The summed E-state index contributed by atoms with van der Waals surface area (Å²) in [7, 11) is 3.65. The van der Waals surface area contributed by atoms with Gasteiger partial charge in [-0.3, -0.25) is 4.79 Å². The number of anilines is 1. The Balaban J connectivity index is 2.01. The SMILES string of the molecule is Cc1cc(N2CCC(C(=O)N(C)C)CC2)nc(C)n1. The molecule has 1 aromatic rings.